The Labute approximate surface area is 108 Å². The molecule has 8 nitrogen and oxygen atoms in total. The van der Waals surface area contributed by atoms with E-state index in [1.807, 2.05) is 0 Å². The number of carbonyl (C=O) groups is 2. The van der Waals surface area contributed by atoms with Crippen molar-refractivity contribution < 1.29 is 24.2 Å². The van der Waals surface area contributed by atoms with Gasteiger partial charge in [0.25, 0.3) is 0 Å². The average Bonchev–Trinajstić information content (AvgIpc) is 2.86. The van der Waals surface area contributed by atoms with Gasteiger partial charge >= 0.3 is 11.9 Å². The van der Waals surface area contributed by atoms with Crippen molar-refractivity contribution in [2.75, 3.05) is 25.6 Å². The number of hydrogen-bond acceptors (Lipinski definition) is 7. The second kappa shape index (κ2) is 5.61. The fourth-order valence-corrected chi connectivity index (χ4v) is 1.77. The van der Waals surface area contributed by atoms with Gasteiger partial charge in [0.05, 0.1) is 38.8 Å². The number of nitrogens with zero attached hydrogens (tertiary/aromatic N) is 2. The summed E-state index contributed by atoms with van der Waals surface area (Å²) < 4.78 is 9.65. The highest BCUT2D eigenvalue weighted by atomic mass is 16.5. The van der Waals surface area contributed by atoms with E-state index in [1.165, 1.54) is 19.5 Å². The topological polar surface area (TPSA) is 111 Å². The highest BCUT2D eigenvalue weighted by Crippen LogP contribution is 2.18. The van der Waals surface area contributed by atoms with E-state index in [0.717, 1.165) is 0 Å². The van der Waals surface area contributed by atoms with Crippen molar-refractivity contribution in [2.24, 2.45) is 5.92 Å². The number of carboxylic acids is 1. The van der Waals surface area contributed by atoms with Crippen molar-refractivity contribution in [3.63, 3.8) is 0 Å². The Morgan fingerprint density at radius 2 is 2.26 bits per heavy atom. The van der Waals surface area contributed by atoms with Crippen LogP contribution in [0.25, 0.3) is 0 Å². The first-order chi connectivity index (χ1) is 9.11. The normalized spacial score (nSPS) is 21.9. The van der Waals surface area contributed by atoms with E-state index >= 15 is 0 Å². The molecule has 2 N–H and O–H groups in total. The van der Waals surface area contributed by atoms with Crippen LogP contribution in [0.4, 0.5) is 5.82 Å². The Kier molecular flexibility index (Phi) is 3.91. The van der Waals surface area contributed by atoms with Gasteiger partial charge in [-0.25, -0.2) is 9.78 Å². The quantitative estimate of drug-likeness (QED) is 0.720. The minimum Gasteiger partial charge on any atom is -0.481 e. The van der Waals surface area contributed by atoms with Gasteiger partial charge in [-0.3, -0.25) is 9.78 Å². The molecule has 1 saturated heterocycles. The summed E-state index contributed by atoms with van der Waals surface area (Å²) in [5.41, 5.74) is 0.0540. The maximum atomic E-state index is 11.3. The molecule has 1 fully saturated rings. The van der Waals surface area contributed by atoms with Crippen molar-refractivity contribution in [1.82, 2.24) is 9.97 Å². The lowest BCUT2D eigenvalue weighted by molar-refractivity contribution is -0.141. The minimum absolute atomic E-state index is 0.0540. The summed E-state index contributed by atoms with van der Waals surface area (Å²) in [6.45, 7) is 0.415. The minimum atomic E-state index is -0.938. The molecule has 0 aliphatic carbocycles. The predicted molar refractivity (Wildman–Crippen MR) is 62.7 cm³/mol. The van der Waals surface area contributed by atoms with Gasteiger partial charge in [0.1, 0.15) is 11.7 Å². The molecule has 1 aliphatic heterocycles. The smallest absolute Gasteiger partial charge is 0.358 e. The first-order valence-electron chi connectivity index (χ1n) is 5.59. The number of nitrogens with one attached hydrogen (secondary N) is 1. The number of esters is 1. The molecule has 102 valence electrons. The molecule has 1 aromatic rings. The Morgan fingerprint density at radius 1 is 1.47 bits per heavy atom. The molecule has 19 heavy (non-hydrogen) atoms. The van der Waals surface area contributed by atoms with E-state index in [1.54, 1.807) is 0 Å². The van der Waals surface area contributed by atoms with Crippen LogP contribution < -0.4 is 5.32 Å². The summed E-state index contributed by atoms with van der Waals surface area (Å²) in [5, 5.41) is 11.9. The highest BCUT2D eigenvalue weighted by Gasteiger charge is 2.34. The number of methoxy groups -OCH3 is 1. The van der Waals surface area contributed by atoms with Gasteiger partial charge in [-0.1, -0.05) is 0 Å². The lowest BCUT2D eigenvalue weighted by atomic mass is 10.0. The number of carbonyl (C=O) groups excluding carboxylic acids is 1. The number of hydrogen-bond donors (Lipinski definition) is 2. The molecule has 0 saturated carbocycles. The Morgan fingerprint density at radius 3 is 2.95 bits per heavy atom. The molecular weight excluding hydrogens is 254 g/mol. The SMILES string of the molecule is COC(=O)c1cncc(NC2COCC2C(=O)O)n1. The first kappa shape index (κ1) is 13.2. The van der Waals surface area contributed by atoms with Crippen molar-refractivity contribution in [3.8, 4) is 0 Å². The third-order valence-corrected chi connectivity index (χ3v) is 2.76. The van der Waals surface area contributed by atoms with Crippen LogP contribution in [0.1, 0.15) is 10.5 Å². The van der Waals surface area contributed by atoms with E-state index in [2.05, 4.69) is 20.0 Å². The predicted octanol–water partition coefficient (Wildman–Crippen LogP) is -0.225. The van der Waals surface area contributed by atoms with Gasteiger partial charge in [0, 0.05) is 0 Å². The Bertz CT molecular complexity index is 493. The van der Waals surface area contributed by atoms with Gasteiger partial charge in [-0.05, 0) is 0 Å². The van der Waals surface area contributed by atoms with Crippen LogP contribution in [0.2, 0.25) is 0 Å². The van der Waals surface area contributed by atoms with Gasteiger partial charge in [0.2, 0.25) is 0 Å². The van der Waals surface area contributed by atoms with Crippen LogP contribution in [0, 0.1) is 5.92 Å². The van der Waals surface area contributed by atoms with Gasteiger partial charge in [-0.2, -0.15) is 0 Å². The zero-order chi connectivity index (χ0) is 13.8. The Hall–Kier alpha value is -2.22. The molecule has 2 atom stereocenters. The molecule has 0 aromatic carbocycles. The molecule has 1 aliphatic rings. The number of aromatic nitrogens is 2. The summed E-state index contributed by atoms with van der Waals surface area (Å²) in [7, 11) is 1.25. The van der Waals surface area contributed by atoms with E-state index in [4.69, 9.17) is 9.84 Å². The molecule has 0 amide bonds. The maximum absolute atomic E-state index is 11.3. The standard InChI is InChI=1S/C11H13N3O5/c1-18-11(17)7-2-12-3-9(13-7)14-8-5-19-4-6(8)10(15)16/h2-3,6,8H,4-5H2,1H3,(H,13,14)(H,15,16). The average molecular weight is 267 g/mol. The number of carboxylic acid groups (broad SMARTS) is 1. The van der Waals surface area contributed by atoms with E-state index in [-0.39, 0.29) is 18.9 Å². The number of ether oxygens (including phenoxy) is 2. The summed E-state index contributed by atoms with van der Waals surface area (Å²) >= 11 is 0. The lowest BCUT2D eigenvalue weighted by Crippen LogP contribution is -2.33. The molecular formula is C11H13N3O5. The van der Waals surface area contributed by atoms with Crippen molar-refractivity contribution in [2.45, 2.75) is 6.04 Å². The van der Waals surface area contributed by atoms with Crippen LogP contribution in [-0.4, -0.2) is 53.4 Å². The number of anilines is 1. The molecule has 0 spiro atoms. The number of rotatable bonds is 4. The summed E-state index contributed by atoms with van der Waals surface area (Å²) in [6.07, 6.45) is 2.68. The number of aliphatic carboxylic acids is 1. The molecule has 2 unspecified atom stereocenters. The van der Waals surface area contributed by atoms with Crippen LogP contribution in [-0.2, 0) is 14.3 Å². The highest BCUT2D eigenvalue weighted by molar-refractivity contribution is 5.87. The van der Waals surface area contributed by atoms with E-state index in [0.29, 0.717) is 5.82 Å². The third-order valence-electron chi connectivity index (χ3n) is 2.76. The van der Waals surface area contributed by atoms with Crippen molar-refractivity contribution in [3.05, 3.63) is 18.1 Å². The third kappa shape index (κ3) is 2.97. The van der Waals surface area contributed by atoms with Gasteiger partial charge in [0.15, 0.2) is 5.69 Å². The summed E-state index contributed by atoms with van der Waals surface area (Å²) in [5.74, 6) is -1.88. The molecule has 2 rings (SSSR count). The molecule has 0 radical (unpaired) electrons. The van der Waals surface area contributed by atoms with Crippen molar-refractivity contribution >= 4 is 17.8 Å². The molecule has 1 aromatic heterocycles. The van der Waals surface area contributed by atoms with E-state index in [9.17, 15) is 9.59 Å². The lowest BCUT2D eigenvalue weighted by Gasteiger charge is -2.16. The van der Waals surface area contributed by atoms with Gasteiger partial charge < -0.3 is 19.9 Å². The first-order valence-corrected chi connectivity index (χ1v) is 5.59. The molecule has 0 bridgehead atoms. The second-order valence-corrected chi connectivity index (χ2v) is 4.01. The maximum Gasteiger partial charge on any atom is 0.358 e. The summed E-state index contributed by atoms with van der Waals surface area (Å²) in [6, 6.07) is -0.403. The van der Waals surface area contributed by atoms with E-state index < -0.39 is 23.9 Å². The van der Waals surface area contributed by atoms with Crippen LogP contribution in [0.3, 0.4) is 0 Å². The second-order valence-electron chi connectivity index (χ2n) is 4.01. The van der Waals surface area contributed by atoms with Crippen molar-refractivity contribution in [1.29, 1.82) is 0 Å². The fourth-order valence-electron chi connectivity index (χ4n) is 1.77. The van der Waals surface area contributed by atoms with Crippen LogP contribution in [0.5, 0.6) is 0 Å². The zero-order valence-electron chi connectivity index (χ0n) is 10.2. The van der Waals surface area contributed by atoms with Gasteiger partial charge in [-0.15, -0.1) is 0 Å². The molecule has 2 heterocycles. The zero-order valence-corrected chi connectivity index (χ0v) is 10.2. The fraction of sp³-hybridized carbons (Fsp3) is 0.455. The Balaban J connectivity index is 2.10. The largest absolute Gasteiger partial charge is 0.481 e. The summed E-state index contributed by atoms with van der Waals surface area (Å²) in [4.78, 5) is 30.2. The monoisotopic (exact) mass is 267 g/mol. The molecule has 8 heteroatoms. The van der Waals surface area contributed by atoms with Crippen LogP contribution in [0.15, 0.2) is 12.4 Å². The van der Waals surface area contributed by atoms with Crippen LogP contribution >= 0.6 is 0 Å².